The largest absolute Gasteiger partial charge is 0.345 e. The molecule has 1 N–H and O–H groups in total. The minimum atomic E-state index is -0.353. The maximum Gasteiger partial charge on any atom is 0.252 e. The summed E-state index contributed by atoms with van der Waals surface area (Å²) in [6.07, 6.45) is 0.893. The molecule has 2 rings (SSSR count). The van der Waals surface area contributed by atoms with Gasteiger partial charge in [-0.05, 0) is 30.0 Å². The van der Waals surface area contributed by atoms with Crippen LogP contribution in [0.5, 0.6) is 0 Å². The normalized spacial score (nSPS) is 19.2. The minimum absolute atomic E-state index is 0.0492. The first-order valence-electron chi connectivity index (χ1n) is 5.18. The molecule has 15 heavy (non-hydrogen) atoms. The van der Waals surface area contributed by atoms with Gasteiger partial charge in [-0.25, -0.2) is 4.39 Å². The van der Waals surface area contributed by atoms with E-state index in [1.807, 2.05) is 0 Å². The number of halogens is 1. The van der Waals surface area contributed by atoms with Gasteiger partial charge in [-0.15, -0.1) is 0 Å². The Balaban J connectivity index is 2.34. The number of benzene rings is 1. The lowest BCUT2D eigenvalue weighted by Crippen LogP contribution is -2.20. The maximum atomic E-state index is 12.9. The second-order valence-electron chi connectivity index (χ2n) is 4.39. The van der Waals surface area contributed by atoms with E-state index in [4.69, 9.17) is 0 Å². The van der Waals surface area contributed by atoms with Gasteiger partial charge in [0.05, 0.1) is 6.04 Å². The molecule has 0 aliphatic carbocycles. The highest BCUT2D eigenvalue weighted by molar-refractivity contribution is 5.99. The second kappa shape index (κ2) is 3.65. The molecule has 0 aromatic heterocycles. The Morgan fingerprint density at radius 1 is 1.47 bits per heavy atom. The molecule has 0 fully saturated rings. The summed E-state index contributed by atoms with van der Waals surface area (Å²) in [6, 6.07) is 4.47. The van der Waals surface area contributed by atoms with Gasteiger partial charge in [0.2, 0.25) is 0 Å². The predicted octanol–water partition coefficient (Wildman–Crippen LogP) is 2.66. The lowest BCUT2D eigenvalue weighted by atomic mass is 9.97. The molecular weight excluding hydrogens is 193 g/mol. The van der Waals surface area contributed by atoms with E-state index in [-0.39, 0.29) is 17.8 Å². The first-order chi connectivity index (χ1) is 7.08. The predicted molar refractivity (Wildman–Crippen MR) is 56.1 cm³/mol. The van der Waals surface area contributed by atoms with Crippen molar-refractivity contribution in [2.75, 3.05) is 0 Å². The van der Waals surface area contributed by atoms with E-state index in [9.17, 15) is 9.18 Å². The average Bonchev–Trinajstić information content (AvgIpc) is 2.42. The summed E-state index contributed by atoms with van der Waals surface area (Å²) in [4.78, 5) is 11.5. The molecule has 1 aromatic carbocycles. The zero-order valence-electron chi connectivity index (χ0n) is 8.88. The van der Waals surface area contributed by atoms with Gasteiger partial charge in [0.25, 0.3) is 5.91 Å². The number of amides is 1. The highest BCUT2D eigenvalue weighted by atomic mass is 19.1. The first kappa shape index (κ1) is 10.1. The number of nitrogens with one attached hydrogen (secondary N) is 1. The van der Waals surface area contributed by atoms with Crippen molar-refractivity contribution in [2.45, 2.75) is 26.3 Å². The van der Waals surface area contributed by atoms with Crippen LogP contribution in [0.3, 0.4) is 0 Å². The SMILES string of the molecule is CC(C)CC1NC(=O)c2cc(F)ccc21. The fraction of sp³-hybridized carbons (Fsp3) is 0.417. The summed E-state index contributed by atoms with van der Waals surface area (Å²) in [5.41, 5.74) is 1.41. The number of rotatable bonds is 2. The molecule has 0 saturated carbocycles. The molecule has 1 amide bonds. The van der Waals surface area contributed by atoms with Crippen molar-refractivity contribution >= 4 is 5.91 Å². The molecule has 0 bridgehead atoms. The number of hydrogen-bond donors (Lipinski definition) is 1. The summed E-state index contributed by atoms with van der Waals surface area (Å²) in [6.45, 7) is 4.21. The van der Waals surface area contributed by atoms with Crippen LogP contribution in [-0.2, 0) is 0 Å². The zero-order chi connectivity index (χ0) is 11.0. The van der Waals surface area contributed by atoms with Crippen LogP contribution in [0.15, 0.2) is 18.2 Å². The van der Waals surface area contributed by atoms with Crippen LogP contribution in [0, 0.1) is 11.7 Å². The fourth-order valence-corrected chi connectivity index (χ4v) is 2.00. The highest BCUT2D eigenvalue weighted by Crippen LogP contribution is 2.30. The Bertz CT molecular complexity index is 401. The smallest absolute Gasteiger partial charge is 0.252 e. The lowest BCUT2D eigenvalue weighted by molar-refractivity contribution is 0.0953. The van der Waals surface area contributed by atoms with Crippen molar-refractivity contribution in [3.8, 4) is 0 Å². The second-order valence-corrected chi connectivity index (χ2v) is 4.39. The molecular formula is C12H14FNO. The number of fused-ring (bicyclic) bond motifs is 1. The Morgan fingerprint density at radius 2 is 2.20 bits per heavy atom. The number of hydrogen-bond acceptors (Lipinski definition) is 1. The molecule has 0 spiro atoms. The minimum Gasteiger partial charge on any atom is -0.345 e. The van der Waals surface area contributed by atoms with Gasteiger partial charge in [0.1, 0.15) is 5.82 Å². The Labute approximate surface area is 88.5 Å². The molecule has 1 aromatic rings. The van der Waals surface area contributed by atoms with Crippen molar-refractivity contribution in [3.63, 3.8) is 0 Å². The quantitative estimate of drug-likeness (QED) is 0.793. The summed E-state index contributed by atoms with van der Waals surface area (Å²) >= 11 is 0. The van der Waals surface area contributed by atoms with E-state index in [2.05, 4.69) is 19.2 Å². The van der Waals surface area contributed by atoms with Crippen molar-refractivity contribution in [1.82, 2.24) is 5.32 Å². The molecule has 1 unspecified atom stereocenters. The van der Waals surface area contributed by atoms with Crippen LogP contribution in [0.4, 0.5) is 4.39 Å². The van der Waals surface area contributed by atoms with Gasteiger partial charge < -0.3 is 5.32 Å². The molecule has 1 aliphatic rings. The van der Waals surface area contributed by atoms with Crippen molar-refractivity contribution in [3.05, 3.63) is 35.1 Å². The monoisotopic (exact) mass is 207 g/mol. The molecule has 3 heteroatoms. The van der Waals surface area contributed by atoms with Crippen LogP contribution in [-0.4, -0.2) is 5.91 Å². The van der Waals surface area contributed by atoms with Crippen molar-refractivity contribution < 1.29 is 9.18 Å². The van der Waals surface area contributed by atoms with E-state index in [0.29, 0.717) is 11.5 Å². The summed E-state index contributed by atoms with van der Waals surface area (Å²) in [7, 11) is 0. The van der Waals surface area contributed by atoms with Gasteiger partial charge in [-0.1, -0.05) is 19.9 Å². The standard InChI is InChI=1S/C12H14FNO/c1-7(2)5-11-9-4-3-8(13)6-10(9)12(15)14-11/h3-4,6-7,11H,5H2,1-2H3,(H,14,15). The third-order valence-electron chi connectivity index (χ3n) is 2.65. The molecule has 0 radical (unpaired) electrons. The first-order valence-corrected chi connectivity index (χ1v) is 5.18. The average molecular weight is 207 g/mol. The van der Waals surface area contributed by atoms with Crippen LogP contribution in [0.1, 0.15) is 42.2 Å². The summed E-state index contributed by atoms with van der Waals surface area (Å²) in [5.74, 6) is -0.00412. The number of carbonyl (C=O) groups is 1. The van der Waals surface area contributed by atoms with Crippen molar-refractivity contribution in [1.29, 1.82) is 0 Å². The summed E-state index contributed by atoms with van der Waals surface area (Å²) < 4.78 is 12.9. The maximum absolute atomic E-state index is 12.9. The van der Waals surface area contributed by atoms with E-state index < -0.39 is 0 Å². The van der Waals surface area contributed by atoms with Gasteiger partial charge in [0.15, 0.2) is 0 Å². The van der Waals surface area contributed by atoms with E-state index in [0.717, 1.165) is 12.0 Å². The van der Waals surface area contributed by atoms with E-state index >= 15 is 0 Å². The molecule has 1 atom stereocenters. The Morgan fingerprint density at radius 3 is 2.87 bits per heavy atom. The fourth-order valence-electron chi connectivity index (χ4n) is 2.00. The van der Waals surface area contributed by atoms with Gasteiger partial charge in [-0.3, -0.25) is 4.79 Å². The van der Waals surface area contributed by atoms with Gasteiger partial charge in [0, 0.05) is 5.56 Å². The third kappa shape index (κ3) is 1.87. The molecule has 0 saturated heterocycles. The van der Waals surface area contributed by atoms with E-state index in [1.165, 1.54) is 12.1 Å². The third-order valence-corrected chi connectivity index (χ3v) is 2.65. The highest BCUT2D eigenvalue weighted by Gasteiger charge is 2.28. The molecule has 1 aliphatic heterocycles. The van der Waals surface area contributed by atoms with Crippen LogP contribution >= 0.6 is 0 Å². The Kier molecular flexibility index (Phi) is 2.47. The topological polar surface area (TPSA) is 29.1 Å². The van der Waals surface area contributed by atoms with Crippen LogP contribution in [0.25, 0.3) is 0 Å². The molecule has 80 valence electrons. The van der Waals surface area contributed by atoms with E-state index in [1.54, 1.807) is 6.07 Å². The van der Waals surface area contributed by atoms with Gasteiger partial charge >= 0.3 is 0 Å². The lowest BCUT2D eigenvalue weighted by Gasteiger charge is -2.13. The van der Waals surface area contributed by atoms with Crippen molar-refractivity contribution in [2.24, 2.45) is 5.92 Å². The zero-order valence-corrected chi connectivity index (χ0v) is 8.88. The summed E-state index contributed by atoms with van der Waals surface area (Å²) in [5, 5.41) is 2.87. The molecule has 1 heterocycles. The van der Waals surface area contributed by atoms with Crippen LogP contribution in [0.2, 0.25) is 0 Å². The van der Waals surface area contributed by atoms with Crippen LogP contribution < -0.4 is 5.32 Å². The Hall–Kier alpha value is -1.38. The van der Waals surface area contributed by atoms with Gasteiger partial charge in [-0.2, -0.15) is 0 Å². The number of carbonyl (C=O) groups excluding carboxylic acids is 1. The molecule has 2 nitrogen and oxygen atoms in total.